The van der Waals surface area contributed by atoms with Gasteiger partial charge in [-0.1, -0.05) is 18.2 Å². The number of nitrogens with zero attached hydrogens (tertiary/aromatic N) is 4. The standard InChI is InChI=1S/C19H14N4O2/c24-23(25)19-12-6-15(7-13-19)14-20-16-8-10-18(11-9-16)22-21-17-4-2-1-3-5-17/h1-14H. The van der Waals surface area contributed by atoms with E-state index in [1.54, 1.807) is 18.3 Å². The van der Waals surface area contributed by atoms with Gasteiger partial charge in [-0.15, -0.1) is 0 Å². The van der Waals surface area contributed by atoms with Gasteiger partial charge in [-0.2, -0.15) is 10.2 Å². The molecule has 3 aromatic rings. The smallest absolute Gasteiger partial charge is 0.258 e. The van der Waals surface area contributed by atoms with Crippen LogP contribution in [0.2, 0.25) is 0 Å². The molecular formula is C19H14N4O2. The first-order chi connectivity index (χ1) is 12.2. The summed E-state index contributed by atoms with van der Waals surface area (Å²) in [6, 6.07) is 23.0. The lowest BCUT2D eigenvalue weighted by Gasteiger charge is -1.96. The SMILES string of the molecule is O=[N+]([O-])c1ccc(C=Nc2ccc(N=Nc3ccccc3)cc2)cc1. The molecule has 0 aromatic heterocycles. The predicted molar refractivity (Wildman–Crippen MR) is 97.4 cm³/mol. The fourth-order valence-electron chi connectivity index (χ4n) is 2.05. The highest BCUT2D eigenvalue weighted by Crippen LogP contribution is 2.21. The summed E-state index contributed by atoms with van der Waals surface area (Å²) in [4.78, 5) is 14.5. The lowest BCUT2D eigenvalue weighted by molar-refractivity contribution is -0.384. The molecule has 0 radical (unpaired) electrons. The van der Waals surface area contributed by atoms with Gasteiger partial charge in [0.2, 0.25) is 0 Å². The quantitative estimate of drug-likeness (QED) is 0.258. The van der Waals surface area contributed by atoms with Crippen molar-refractivity contribution in [2.75, 3.05) is 0 Å². The molecular weight excluding hydrogens is 316 g/mol. The molecule has 25 heavy (non-hydrogen) atoms. The minimum Gasteiger partial charge on any atom is -0.258 e. The summed E-state index contributed by atoms with van der Waals surface area (Å²) in [6.45, 7) is 0. The lowest BCUT2D eigenvalue weighted by atomic mass is 10.2. The van der Waals surface area contributed by atoms with Crippen molar-refractivity contribution in [1.82, 2.24) is 0 Å². The van der Waals surface area contributed by atoms with Crippen molar-refractivity contribution in [2.45, 2.75) is 0 Å². The Hall–Kier alpha value is -3.67. The summed E-state index contributed by atoms with van der Waals surface area (Å²) in [5.74, 6) is 0. The minimum absolute atomic E-state index is 0.0604. The number of benzene rings is 3. The van der Waals surface area contributed by atoms with Crippen LogP contribution >= 0.6 is 0 Å². The van der Waals surface area contributed by atoms with Gasteiger partial charge in [-0.05, 0) is 54.1 Å². The molecule has 0 unspecified atom stereocenters. The van der Waals surface area contributed by atoms with E-state index in [0.717, 1.165) is 22.6 Å². The van der Waals surface area contributed by atoms with Crippen LogP contribution < -0.4 is 0 Å². The molecule has 3 rings (SSSR count). The third-order valence-electron chi connectivity index (χ3n) is 3.35. The largest absolute Gasteiger partial charge is 0.269 e. The van der Waals surface area contributed by atoms with E-state index >= 15 is 0 Å². The molecule has 0 heterocycles. The average Bonchev–Trinajstić information content (AvgIpc) is 2.67. The third kappa shape index (κ3) is 4.65. The predicted octanol–water partition coefficient (Wildman–Crippen LogP) is 5.76. The molecule has 0 amide bonds. The summed E-state index contributed by atoms with van der Waals surface area (Å²) >= 11 is 0. The summed E-state index contributed by atoms with van der Waals surface area (Å²) in [5, 5.41) is 18.9. The molecule has 0 aliphatic heterocycles. The lowest BCUT2D eigenvalue weighted by Crippen LogP contribution is -1.88. The van der Waals surface area contributed by atoms with Gasteiger partial charge in [0.05, 0.1) is 22.0 Å². The van der Waals surface area contributed by atoms with Gasteiger partial charge in [0, 0.05) is 18.3 Å². The number of aliphatic imine (C=N–C) groups is 1. The number of non-ortho nitro benzene ring substituents is 1. The van der Waals surface area contributed by atoms with E-state index in [1.807, 2.05) is 54.6 Å². The number of rotatable bonds is 5. The van der Waals surface area contributed by atoms with E-state index in [0.29, 0.717) is 0 Å². The van der Waals surface area contributed by atoms with Crippen LogP contribution in [-0.4, -0.2) is 11.1 Å². The van der Waals surface area contributed by atoms with Crippen LogP contribution in [0.15, 0.2) is 94.1 Å². The van der Waals surface area contributed by atoms with Gasteiger partial charge in [-0.25, -0.2) is 0 Å². The average molecular weight is 330 g/mol. The Morgan fingerprint density at radius 3 is 1.88 bits per heavy atom. The zero-order valence-electron chi connectivity index (χ0n) is 13.2. The van der Waals surface area contributed by atoms with Gasteiger partial charge < -0.3 is 0 Å². The Labute approximate surface area is 144 Å². The van der Waals surface area contributed by atoms with Gasteiger partial charge in [0.1, 0.15) is 0 Å². The first-order valence-electron chi connectivity index (χ1n) is 7.56. The third-order valence-corrected chi connectivity index (χ3v) is 3.35. The molecule has 6 heteroatoms. The Balaban J connectivity index is 1.66. The summed E-state index contributed by atoms with van der Waals surface area (Å²) in [6.07, 6.45) is 1.66. The van der Waals surface area contributed by atoms with Crippen LogP contribution in [0.1, 0.15) is 5.56 Å². The fourth-order valence-corrected chi connectivity index (χ4v) is 2.05. The van der Waals surface area contributed by atoms with Crippen LogP contribution in [-0.2, 0) is 0 Å². The maximum Gasteiger partial charge on any atom is 0.269 e. The highest BCUT2D eigenvalue weighted by atomic mass is 16.6. The van der Waals surface area contributed by atoms with Gasteiger partial charge >= 0.3 is 0 Å². The second-order valence-corrected chi connectivity index (χ2v) is 5.16. The van der Waals surface area contributed by atoms with E-state index in [-0.39, 0.29) is 5.69 Å². The van der Waals surface area contributed by atoms with E-state index in [1.165, 1.54) is 12.1 Å². The number of nitro groups is 1. The fraction of sp³-hybridized carbons (Fsp3) is 0. The van der Waals surface area contributed by atoms with Crippen molar-refractivity contribution in [2.24, 2.45) is 15.2 Å². The first-order valence-corrected chi connectivity index (χ1v) is 7.56. The Kier molecular flexibility index (Phi) is 5.01. The number of azo groups is 1. The van der Waals surface area contributed by atoms with Gasteiger partial charge in [0.25, 0.3) is 5.69 Å². The van der Waals surface area contributed by atoms with Crippen LogP contribution in [0.5, 0.6) is 0 Å². The molecule has 0 fully saturated rings. The Bertz CT molecular complexity index is 902. The van der Waals surface area contributed by atoms with Crippen LogP contribution in [0.3, 0.4) is 0 Å². The van der Waals surface area contributed by atoms with Crippen molar-refractivity contribution >= 4 is 29.0 Å². The number of hydrogen-bond acceptors (Lipinski definition) is 5. The summed E-state index contributed by atoms with van der Waals surface area (Å²) in [5.41, 5.74) is 3.14. The maximum absolute atomic E-state index is 10.6. The number of nitro benzene ring substituents is 1. The minimum atomic E-state index is -0.427. The molecule has 0 saturated heterocycles. The van der Waals surface area contributed by atoms with Crippen molar-refractivity contribution < 1.29 is 4.92 Å². The highest BCUT2D eigenvalue weighted by Gasteiger charge is 2.02. The van der Waals surface area contributed by atoms with Crippen molar-refractivity contribution in [3.05, 3.63) is 94.5 Å². The highest BCUT2D eigenvalue weighted by molar-refractivity contribution is 5.82. The van der Waals surface area contributed by atoms with Crippen LogP contribution in [0.25, 0.3) is 0 Å². The molecule has 0 aliphatic rings. The zero-order chi connectivity index (χ0) is 17.5. The molecule has 122 valence electrons. The van der Waals surface area contributed by atoms with Crippen molar-refractivity contribution in [3.63, 3.8) is 0 Å². The maximum atomic E-state index is 10.6. The zero-order valence-corrected chi connectivity index (χ0v) is 13.2. The molecule has 0 N–H and O–H groups in total. The molecule has 6 nitrogen and oxygen atoms in total. The molecule has 0 saturated carbocycles. The molecule has 0 spiro atoms. The van der Waals surface area contributed by atoms with Crippen molar-refractivity contribution in [1.29, 1.82) is 0 Å². The molecule has 3 aromatic carbocycles. The Morgan fingerprint density at radius 2 is 1.28 bits per heavy atom. The van der Waals surface area contributed by atoms with E-state index in [9.17, 15) is 10.1 Å². The van der Waals surface area contributed by atoms with Crippen LogP contribution in [0, 0.1) is 10.1 Å². The molecule has 0 aliphatic carbocycles. The first kappa shape index (κ1) is 16.2. The van der Waals surface area contributed by atoms with E-state index < -0.39 is 4.92 Å². The molecule has 0 bridgehead atoms. The summed E-state index contributed by atoms with van der Waals surface area (Å²) < 4.78 is 0. The van der Waals surface area contributed by atoms with Gasteiger partial charge in [0.15, 0.2) is 0 Å². The monoisotopic (exact) mass is 330 g/mol. The normalized spacial score (nSPS) is 11.2. The Morgan fingerprint density at radius 1 is 0.720 bits per heavy atom. The summed E-state index contributed by atoms with van der Waals surface area (Å²) in [7, 11) is 0. The second-order valence-electron chi connectivity index (χ2n) is 5.16. The van der Waals surface area contributed by atoms with Gasteiger partial charge in [-0.3, -0.25) is 15.1 Å². The van der Waals surface area contributed by atoms with Crippen molar-refractivity contribution in [3.8, 4) is 0 Å². The van der Waals surface area contributed by atoms with Crippen LogP contribution in [0.4, 0.5) is 22.7 Å². The second kappa shape index (κ2) is 7.74. The molecule has 0 atom stereocenters. The van der Waals surface area contributed by atoms with E-state index in [4.69, 9.17) is 0 Å². The van der Waals surface area contributed by atoms with E-state index in [2.05, 4.69) is 15.2 Å². The topological polar surface area (TPSA) is 80.2 Å². The number of hydrogen-bond donors (Lipinski definition) is 0.